The molecule has 0 aliphatic carbocycles. The molecule has 5 heteroatoms. The summed E-state index contributed by atoms with van der Waals surface area (Å²) in [5.41, 5.74) is 1.58. The molecule has 4 nitrogen and oxygen atoms in total. The molecule has 1 aliphatic rings. The van der Waals surface area contributed by atoms with Crippen LogP contribution in [0.4, 0.5) is 0 Å². The highest BCUT2D eigenvalue weighted by molar-refractivity contribution is 9.10. The van der Waals surface area contributed by atoms with E-state index in [2.05, 4.69) is 27.1 Å². The summed E-state index contributed by atoms with van der Waals surface area (Å²) in [6.45, 7) is 0.783. The predicted octanol–water partition coefficient (Wildman–Crippen LogP) is 3.37. The zero-order valence-electron chi connectivity index (χ0n) is 9.77. The van der Waals surface area contributed by atoms with E-state index < -0.39 is 0 Å². The minimum Gasteiger partial charge on any atom is -0.356 e. The highest BCUT2D eigenvalue weighted by Crippen LogP contribution is 2.30. The molecule has 1 aliphatic heterocycles. The highest BCUT2D eigenvalue weighted by atomic mass is 79.9. The van der Waals surface area contributed by atoms with E-state index in [9.17, 15) is 0 Å². The molecule has 92 valence electrons. The van der Waals surface area contributed by atoms with Gasteiger partial charge in [0.1, 0.15) is 0 Å². The van der Waals surface area contributed by atoms with Crippen LogP contribution in [0.25, 0.3) is 10.9 Å². The molecule has 2 heterocycles. The maximum atomic E-state index is 9.03. The average Bonchev–Trinajstić information content (AvgIpc) is 2.84. The minimum atomic E-state index is -0.00269. The van der Waals surface area contributed by atoms with Gasteiger partial charge in [-0.25, -0.2) is 4.68 Å². The molecule has 0 bridgehead atoms. The van der Waals surface area contributed by atoms with E-state index in [1.165, 1.54) is 0 Å². The molecule has 3 rings (SSSR count). The lowest BCUT2D eigenvalue weighted by Crippen LogP contribution is -2.18. The van der Waals surface area contributed by atoms with Crippen LogP contribution >= 0.6 is 15.9 Å². The molecule has 0 spiro atoms. The Hall–Kier alpha value is -1.38. The molecule has 1 saturated heterocycles. The standard InChI is InChI=1S/C13H12BrN3O/c14-11-5-9(7-15)6-12-10(11)8-16-17(12)13-3-1-2-4-18-13/h5-6,8,13H,1-4H2. The summed E-state index contributed by atoms with van der Waals surface area (Å²) < 4.78 is 8.54. The largest absolute Gasteiger partial charge is 0.356 e. The third kappa shape index (κ3) is 1.92. The van der Waals surface area contributed by atoms with Crippen LogP contribution in [0.15, 0.2) is 22.8 Å². The Bertz CT molecular complexity index is 623. The van der Waals surface area contributed by atoms with Gasteiger partial charge in [-0.1, -0.05) is 0 Å². The average molecular weight is 306 g/mol. The molecule has 2 aromatic rings. The number of nitrogens with zero attached hydrogens (tertiary/aromatic N) is 3. The first-order valence-electron chi connectivity index (χ1n) is 5.98. The molecule has 1 unspecified atom stereocenters. The van der Waals surface area contributed by atoms with E-state index in [0.29, 0.717) is 5.56 Å². The van der Waals surface area contributed by atoms with Gasteiger partial charge in [-0.15, -0.1) is 0 Å². The van der Waals surface area contributed by atoms with Crippen LogP contribution in [0.5, 0.6) is 0 Å². The monoisotopic (exact) mass is 305 g/mol. The summed E-state index contributed by atoms with van der Waals surface area (Å²) in [5.74, 6) is 0. The first-order chi connectivity index (χ1) is 8.79. The van der Waals surface area contributed by atoms with Gasteiger partial charge in [0.15, 0.2) is 6.23 Å². The molecule has 0 N–H and O–H groups in total. The van der Waals surface area contributed by atoms with Gasteiger partial charge in [0.25, 0.3) is 0 Å². The van der Waals surface area contributed by atoms with Crippen molar-refractivity contribution in [1.29, 1.82) is 5.26 Å². The first kappa shape index (κ1) is 11.7. The molecular weight excluding hydrogens is 294 g/mol. The Morgan fingerprint density at radius 1 is 1.44 bits per heavy atom. The molecule has 1 fully saturated rings. The molecule has 1 aromatic carbocycles. The summed E-state index contributed by atoms with van der Waals surface area (Å²) in [4.78, 5) is 0. The fourth-order valence-electron chi connectivity index (χ4n) is 2.31. The lowest BCUT2D eigenvalue weighted by atomic mass is 10.1. The summed E-state index contributed by atoms with van der Waals surface area (Å²) >= 11 is 3.48. The van der Waals surface area contributed by atoms with Crippen molar-refractivity contribution in [3.8, 4) is 6.07 Å². The smallest absolute Gasteiger partial charge is 0.150 e. The van der Waals surface area contributed by atoms with E-state index in [1.807, 2.05) is 23.0 Å². The van der Waals surface area contributed by atoms with E-state index in [0.717, 1.165) is 41.2 Å². The number of hydrogen-bond donors (Lipinski definition) is 0. The van der Waals surface area contributed by atoms with Gasteiger partial charge in [0.05, 0.1) is 23.3 Å². The quantitative estimate of drug-likeness (QED) is 0.811. The van der Waals surface area contributed by atoms with Gasteiger partial charge in [-0.05, 0) is 47.3 Å². The van der Waals surface area contributed by atoms with Crippen LogP contribution in [0.1, 0.15) is 31.1 Å². The molecule has 0 saturated carbocycles. The number of ether oxygens (including phenoxy) is 1. The number of hydrogen-bond acceptors (Lipinski definition) is 3. The Balaban J connectivity index is 2.12. The van der Waals surface area contributed by atoms with Crippen LogP contribution in [0.3, 0.4) is 0 Å². The summed E-state index contributed by atoms with van der Waals surface area (Å²) in [6, 6.07) is 5.85. The maximum absolute atomic E-state index is 9.03. The van der Waals surface area contributed by atoms with Crippen molar-refractivity contribution in [3.05, 3.63) is 28.4 Å². The fraction of sp³-hybridized carbons (Fsp3) is 0.385. The lowest BCUT2D eigenvalue weighted by Gasteiger charge is -2.23. The van der Waals surface area contributed by atoms with Crippen LogP contribution in [-0.4, -0.2) is 16.4 Å². The SMILES string of the molecule is N#Cc1cc(Br)c2cnn(C3CCCCO3)c2c1. The zero-order chi connectivity index (χ0) is 12.5. The van der Waals surface area contributed by atoms with E-state index in [-0.39, 0.29) is 6.23 Å². The number of halogens is 1. The van der Waals surface area contributed by atoms with Gasteiger partial charge in [0, 0.05) is 16.5 Å². The van der Waals surface area contributed by atoms with Crippen LogP contribution in [-0.2, 0) is 4.74 Å². The number of nitriles is 1. The highest BCUT2D eigenvalue weighted by Gasteiger charge is 2.19. The summed E-state index contributed by atoms with van der Waals surface area (Å²) in [6.07, 6.45) is 5.06. The van der Waals surface area contributed by atoms with Crippen molar-refractivity contribution < 1.29 is 4.74 Å². The normalized spacial score (nSPS) is 19.9. The first-order valence-corrected chi connectivity index (χ1v) is 6.77. The summed E-state index contributed by atoms with van der Waals surface area (Å²) in [5, 5.41) is 14.5. The van der Waals surface area contributed by atoms with Gasteiger partial charge in [0.2, 0.25) is 0 Å². The Labute approximate surface area is 113 Å². The van der Waals surface area contributed by atoms with E-state index in [4.69, 9.17) is 10.00 Å². The topological polar surface area (TPSA) is 50.8 Å². The molecule has 0 radical (unpaired) electrons. The maximum Gasteiger partial charge on any atom is 0.150 e. The van der Waals surface area contributed by atoms with Crippen molar-refractivity contribution in [2.75, 3.05) is 6.61 Å². The predicted molar refractivity (Wildman–Crippen MR) is 71.0 cm³/mol. The minimum absolute atomic E-state index is 0.00269. The zero-order valence-corrected chi connectivity index (χ0v) is 11.4. The van der Waals surface area contributed by atoms with Crippen LogP contribution in [0, 0.1) is 11.3 Å². The van der Waals surface area contributed by atoms with Gasteiger partial charge < -0.3 is 4.74 Å². The lowest BCUT2D eigenvalue weighted by molar-refractivity contribution is -0.0366. The van der Waals surface area contributed by atoms with Gasteiger partial charge in [-0.3, -0.25) is 0 Å². The second-order valence-corrected chi connectivity index (χ2v) is 5.27. The number of rotatable bonds is 1. The molecular formula is C13H12BrN3O. The van der Waals surface area contributed by atoms with Crippen molar-refractivity contribution in [2.45, 2.75) is 25.5 Å². The molecule has 0 amide bonds. The van der Waals surface area contributed by atoms with Gasteiger partial charge in [-0.2, -0.15) is 10.4 Å². The molecule has 1 aromatic heterocycles. The fourth-order valence-corrected chi connectivity index (χ4v) is 2.87. The Kier molecular flexibility index (Phi) is 3.06. The van der Waals surface area contributed by atoms with E-state index >= 15 is 0 Å². The van der Waals surface area contributed by atoms with Crippen LogP contribution in [0.2, 0.25) is 0 Å². The van der Waals surface area contributed by atoms with Crippen LogP contribution < -0.4 is 0 Å². The summed E-state index contributed by atoms with van der Waals surface area (Å²) in [7, 11) is 0. The Morgan fingerprint density at radius 2 is 2.33 bits per heavy atom. The molecule has 1 atom stereocenters. The third-order valence-electron chi connectivity index (χ3n) is 3.22. The number of aromatic nitrogens is 2. The third-order valence-corrected chi connectivity index (χ3v) is 3.88. The van der Waals surface area contributed by atoms with Crippen molar-refractivity contribution in [1.82, 2.24) is 9.78 Å². The van der Waals surface area contributed by atoms with Crippen molar-refractivity contribution in [2.24, 2.45) is 0 Å². The second kappa shape index (κ2) is 4.71. The number of benzene rings is 1. The Morgan fingerprint density at radius 3 is 3.06 bits per heavy atom. The molecule has 18 heavy (non-hydrogen) atoms. The van der Waals surface area contributed by atoms with Gasteiger partial charge >= 0.3 is 0 Å². The van der Waals surface area contributed by atoms with Crippen molar-refractivity contribution >= 4 is 26.8 Å². The van der Waals surface area contributed by atoms with E-state index in [1.54, 1.807) is 0 Å². The second-order valence-electron chi connectivity index (χ2n) is 4.41. The number of fused-ring (bicyclic) bond motifs is 1. The van der Waals surface area contributed by atoms with Crippen molar-refractivity contribution in [3.63, 3.8) is 0 Å².